The number of anilines is 1. The van der Waals surface area contributed by atoms with Crippen LogP contribution in [0.1, 0.15) is 11.5 Å². The van der Waals surface area contributed by atoms with Gasteiger partial charge in [-0.05, 0) is 19.1 Å². The van der Waals surface area contributed by atoms with Gasteiger partial charge in [0.1, 0.15) is 6.54 Å². The van der Waals surface area contributed by atoms with Crippen molar-refractivity contribution >= 4 is 21.6 Å². The van der Waals surface area contributed by atoms with Gasteiger partial charge in [-0.15, -0.1) is 0 Å². The van der Waals surface area contributed by atoms with Crippen LogP contribution in [0.15, 0.2) is 59.1 Å². The molecule has 8 nitrogen and oxygen atoms in total. The standard InChI is InChI=1S/C20H22N4O4S/c1-15-9-11-16(12-10-15)20-21-18(28-22-20)13-23(2)19(25)14-24(29(3,26)27)17-7-5-4-6-8-17/h4-12H,13-14H2,1-3H3. The molecule has 0 aliphatic rings. The molecular formula is C20H22N4O4S. The first-order valence-electron chi connectivity index (χ1n) is 8.90. The van der Waals surface area contributed by atoms with E-state index in [2.05, 4.69) is 10.1 Å². The van der Waals surface area contributed by atoms with E-state index < -0.39 is 15.9 Å². The second-order valence-electron chi connectivity index (χ2n) is 6.73. The maximum atomic E-state index is 12.6. The summed E-state index contributed by atoms with van der Waals surface area (Å²) in [4.78, 5) is 18.3. The number of hydrogen-bond acceptors (Lipinski definition) is 6. The van der Waals surface area contributed by atoms with Crippen LogP contribution in [0.3, 0.4) is 0 Å². The maximum Gasteiger partial charge on any atom is 0.246 e. The first-order chi connectivity index (χ1) is 13.7. The summed E-state index contributed by atoms with van der Waals surface area (Å²) >= 11 is 0. The molecule has 29 heavy (non-hydrogen) atoms. The Bertz CT molecular complexity index is 1080. The van der Waals surface area contributed by atoms with Gasteiger partial charge >= 0.3 is 0 Å². The first-order valence-corrected chi connectivity index (χ1v) is 10.8. The molecule has 0 N–H and O–H groups in total. The van der Waals surface area contributed by atoms with Crippen molar-refractivity contribution in [1.29, 1.82) is 0 Å². The van der Waals surface area contributed by atoms with Crippen molar-refractivity contribution in [1.82, 2.24) is 15.0 Å². The Balaban J connectivity index is 1.69. The maximum absolute atomic E-state index is 12.6. The van der Waals surface area contributed by atoms with Gasteiger partial charge < -0.3 is 9.42 Å². The van der Waals surface area contributed by atoms with Crippen LogP contribution >= 0.6 is 0 Å². The fourth-order valence-electron chi connectivity index (χ4n) is 2.67. The molecule has 0 saturated carbocycles. The number of sulfonamides is 1. The van der Waals surface area contributed by atoms with E-state index in [1.165, 1.54) is 4.90 Å². The Morgan fingerprint density at radius 1 is 1.07 bits per heavy atom. The molecule has 152 valence electrons. The molecule has 0 saturated heterocycles. The van der Waals surface area contributed by atoms with Gasteiger partial charge in [0, 0.05) is 12.6 Å². The van der Waals surface area contributed by atoms with Gasteiger partial charge in [0.15, 0.2) is 0 Å². The van der Waals surface area contributed by atoms with E-state index in [1.807, 2.05) is 31.2 Å². The topological polar surface area (TPSA) is 96.6 Å². The molecule has 0 aliphatic heterocycles. The summed E-state index contributed by atoms with van der Waals surface area (Å²) in [5, 5.41) is 3.95. The van der Waals surface area contributed by atoms with Gasteiger partial charge in [0.2, 0.25) is 27.6 Å². The van der Waals surface area contributed by atoms with Crippen LogP contribution in [-0.4, -0.2) is 49.2 Å². The third kappa shape index (κ3) is 5.20. The highest BCUT2D eigenvalue weighted by atomic mass is 32.2. The number of aromatic nitrogens is 2. The summed E-state index contributed by atoms with van der Waals surface area (Å²) in [6.07, 6.45) is 1.07. The highest BCUT2D eigenvalue weighted by Gasteiger charge is 2.23. The second kappa shape index (κ2) is 8.44. The number of amides is 1. The van der Waals surface area contributed by atoms with Gasteiger partial charge in [-0.3, -0.25) is 9.10 Å². The Hall–Kier alpha value is -3.20. The summed E-state index contributed by atoms with van der Waals surface area (Å²) in [6, 6.07) is 16.2. The molecule has 0 atom stereocenters. The molecule has 9 heteroatoms. The average molecular weight is 414 g/mol. The number of aryl methyl sites for hydroxylation is 1. The third-order valence-corrected chi connectivity index (χ3v) is 5.44. The van der Waals surface area contributed by atoms with Crippen molar-refractivity contribution in [2.24, 2.45) is 0 Å². The van der Waals surface area contributed by atoms with Crippen molar-refractivity contribution in [2.45, 2.75) is 13.5 Å². The van der Waals surface area contributed by atoms with Gasteiger partial charge in [-0.1, -0.05) is 53.2 Å². The SMILES string of the molecule is Cc1ccc(-c2noc(CN(C)C(=O)CN(c3ccccc3)S(C)(=O)=O)n2)cc1. The number of likely N-dealkylation sites (N-methyl/N-ethyl adjacent to an activating group) is 1. The lowest BCUT2D eigenvalue weighted by molar-refractivity contribution is -0.129. The summed E-state index contributed by atoms with van der Waals surface area (Å²) < 4.78 is 30.6. The van der Waals surface area contributed by atoms with Crippen molar-refractivity contribution in [3.05, 3.63) is 66.1 Å². The molecule has 3 aromatic rings. The zero-order valence-corrected chi connectivity index (χ0v) is 17.3. The van der Waals surface area contributed by atoms with Crippen LogP contribution in [-0.2, 0) is 21.4 Å². The van der Waals surface area contributed by atoms with Crippen LogP contribution < -0.4 is 4.31 Å². The van der Waals surface area contributed by atoms with Crippen molar-refractivity contribution in [3.63, 3.8) is 0 Å². The van der Waals surface area contributed by atoms with E-state index in [0.717, 1.165) is 21.7 Å². The van der Waals surface area contributed by atoms with E-state index in [-0.39, 0.29) is 19.0 Å². The normalized spacial score (nSPS) is 11.3. The molecule has 3 rings (SSSR count). The van der Waals surface area contributed by atoms with E-state index in [4.69, 9.17) is 4.52 Å². The van der Waals surface area contributed by atoms with Gasteiger partial charge in [-0.25, -0.2) is 8.42 Å². The van der Waals surface area contributed by atoms with Crippen molar-refractivity contribution in [3.8, 4) is 11.4 Å². The largest absolute Gasteiger partial charge is 0.337 e. The van der Waals surface area contributed by atoms with Crippen molar-refractivity contribution < 1.29 is 17.7 Å². The number of benzene rings is 2. The summed E-state index contributed by atoms with van der Waals surface area (Å²) in [7, 11) is -2.06. The van der Waals surface area contributed by atoms with Gasteiger partial charge in [0.25, 0.3) is 0 Å². The number of para-hydroxylation sites is 1. The van der Waals surface area contributed by atoms with E-state index >= 15 is 0 Å². The quantitative estimate of drug-likeness (QED) is 0.589. The molecule has 0 bridgehead atoms. The second-order valence-corrected chi connectivity index (χ2v) is 8.64. The van der Waals surface area contributed by atoms with E-state index in [9.17, 15) is 13.2 Å². The lowest BCUT2D eigenvalue weighted by Gasteiger charge is -2.24. The van der Waals surface area contributed by atoms with Crippen molar-refractivity contribution in [2.75, 3.05) is 24.2 Å². The lowest BCUT2D eigenvalue weighted by atomic mass is 10.1. The zero-order chi connectivity index (χ0) is 21.0. The van der Waals surface area contributed by atoms with Crippen LogP contribution in [0.2, 0.25) is 0 Å². The minimum absolute atomic E-state index is 0.0735. The molecule has 0 spiro atoms. The summed E-state index contributed by atoms with van der Waals surface area (Å²) in [5.41, 5.74) is 2.36. The number of hydrogen-bond donors (Lipinski definition) is 0. The number of carbonyl (C=O) groups is 1. The Morgan fingerprint density at radius 2 is 1.72 bits per heavy atom. The minimum atomic E-state index is -3.62. The highest BCUT2D eigenvalue weighted by molar-refractivity contribution is 7.92. The molecular weight excluding hydrogens is 392 g/mol. The molecule has 0 aliphatic carbocycles. The predicted molar refractivity (Wildman–Crippen MR) is 110 cm³/mol. The highest BCUT2D eigenvalue weighted by Crippen LogP contribution is 2.18. The monoisotopic (exact) mass is 414 g/mol. The Labute approximate surface area is 169 Å². The van der Waals surface area contributed by atoms with Crippen LogP contribution in [0.25, 0.3) is 11.4 Å². The molecule has 1 aromatic heterocycles. The number of rotatable bonds is 7. The lowest BCUT2D eigenvalue weighted by Crippen LogP contribution is -2.41. The summed E-state index contributed by atoms with van der Waals surface area (Å²) in [5.74, 6) is 0.305. The predicted octanol–water partition coefficient (Wildman–Crippen LogP) is 2.47. The van der Waals surface area contributed by atoms with Gasteiger partial charge in [-0.2, -0.15) is 4.98 Å². The molecule has 0 fully saturated rings. The first kappa shape index (κ1) is 20.5. The smallest absolute Gasteiger partial charge is 0.246 e. The van der Waals surface area contributed by atoms with Crippen LogP contribution in [0.4, 0.5) is 5.69 Å². The number of nitrogens with zero attached hydrogens (tertiary/aromatic N) is 4. The van der Waals surface area contributed by atoms with Gasteiger partial charge in [0.05, 0.1) is 18.5 Å². The Morgan fingerprint density at radius 3 is 2.34 bits per heavy atom. The van der Waals surface area contributed by atoms with E-state index in [0.29, 0.717) is 11.5 Å². The number of carbonyl (C=O) groups excluding carboxylic acids is 1. The third-order valence-electron chi connectivity index (χ3n) is 4.30. The summed E-state index contributed by atoms with van der Waals surface area (Å²) in [6.45, 7) is 1.74. The molecule has 1 heterocycles. The molecule has 2 aromatic carbocycles. The van der Waals surface area contributed by atoms with Crippen LogP contribution in [0.5, 0.6) is 0 Å². The fourth-order valence-corrected chi connectivity index (χ4v) is 3.52. The fraction of sp³-hybridized carbons (Fsp3) is 0.250. The molecule has 0 radical (unpaired) electrons. The molecule has 1 amide bonds. The minimum Gasteiger partial charge on any atom is -0.337 e. The average Bonchev–Trinajstić information content (AvgIpc) is 3.14. The van der Waals surface area contributed by atoms with E-state index in [1.54, 1.807) is 37.4 Å². The molecule has 0 unspecified atom stereocenters. The Kier molecular flexibility index (Phi) is 5.97. The van der Waals surface area contributed by atoms with Crippen LogP contribution in [0, 0.1) is 6.92 Å². The zero-order valence-electron chi connectivity index (χ0n) is 16.4.